The first kappa shape index (κ1) is 26.1. The molecule has 4 aromatic rings. The number of amides is 1. The number of carboxylic acid groups (broad SMARTS) is 1. The maximum absolute atomic E-state index is 12.2. The Hall–Kier alpha value is -3.51. The van der Waals surface area contributed by atoms with Gasteiger partial charge in [-0.1, -0.05) is 18.2 Å². The Balaban J connectivity index is 0.00000294. The molecule has 188 valence electrons. The number of fused-ring (bicyclic) bond motifs is 2. The molecule has 0 aliphatic carbocycles. The molecular formula is C28H26LiN5O4. The summed E-state index contributed by atoms with van der Waals surface area (Å²) in [6.45, 7) is 5.03. The van der Waals surface area contributed by atoms with Gasteiger partial charge in [-0.25, -0.2) is 4.98 Å². The van der Waals surface area contributed by atoms with Crippen LogP contribution in [-0.2, 0) is 22.6 Å². The number of carbonyl (C=O) groups is 2. The predicted octanol–water partition coefficient (Wildman–Crippen LogP) is -0.216. The fraction of sp³-hybridized carbons (Fsp3) is 0.321. The first-order chi connectivity index (χ1) is 18.0. The zero-order chi connectivity index (χ0) is 25.5. The van der Waals surface area contributed by atoms with Crippen LogP contribution in [0.1, 0.15) is 47.7 Å². The van der Waals surface area contributed by atoms with Crippen LogP contribution in [0.5, 0.6) is 0 Å². The van der Waals surface area contributed by atoms with Crippen LogP contribution in [0.2, 0.25) is 0 Å². The summed E-state index contributed by atoms with van der Waals surface area (Å²) in [5, 5.41) is 13.0. The summed E-state index contributed by atoms with van der Waals surface area (Å²) in [5.41, 5.74) is 4.23. The number of carboxylic acids is 1. The molecule has 0 unspecified atom stereocenters. The molecule has 3 aromatic heterocycles. The van der Waals surface area contributed by atoms with Gasteiger partial charge >= 0.3 is 18.9 Å². The molecule has 5 heterocycles. The average molecular weight is 503 g/mol. The second-order valence-corrected chi connectivity index (χ2v) is 9.56. The van der Waals surface area contributed by atoms with Crippen molar-refractivity contribution in [2.75, 3.05) is 19.8 Å². The Labute approximate surface area is 232 Å². The van der Waals surface area contributed by atoms with Crippen LogP contribution in [0.4, 0.5) is 0 Å². The van der Waals surface area contributed by atoms with E-state index in [1.807, 2.05) is 29.3 Å². The summed E-state index contributed by atoms with van der Waals surface area (Å²) >= 11 is 0. The van der Waals surface area contributed by atoms with Crippen LogP contribution in [0.15, 0.2) is 48.8 Å². The van der Waals surface area contributed by atoms with Crippen molar-refractivity contribution >= 4 is 22.6 Å². The maximum atomic E-state index is 12.2. The van der Waals surface area contributed by atoms with Gasteiger partial charge in [0.2, 0.25) is 5.91 Å². The number of aromatic carboxylic acids is 1. The topological polar surface area (TPSA) is 113 Å². The molecular weight excluding hydrogens is 477 g/mol. The fourth-order valence-corrected chi connectivity index (χ4v) is 5.35. The van der Waals surface area contributed by atoms with Crippen molar-refractivity contribution in [1.82, 2.24) is 24.4 Å². The number of rotatable bonds is 4. The summed E-state index contributed by atoms with van der Waals surface area (Å²) in [6.07, 6.45) is 5.21. The second-order valence-electron chi connectivity index (χ2n) is 9.56. The van der Waals surface area contributed by atoms with E-state index >= 15 is 0 Å². The summed E-state index contributed by atoms with van der Waals surface area (Å²) in [5.74, 6) is 0.168. The van der Waals surface area contributed by atoms with Crippen molar-refractivity contribution in [1.29, 1.82) is 0 Å². The molecule has 0 saturated carbocycles. The van der Waals surface area contributed by atoms with Crippen molar-refractivity contribution in [2.45, 2.75) is 38.8 Å². The number of nitrogens with zero attached hydrogens (tertiary/aromatic N) is 5. The number of carbonyl (C=O) groups excluding carboxylic acids is 2. The largest absolute Gasteiger partial charge is 1.00 e. The van der Waals surface area contributed by atoms with Gasteiger partial charge in [-0.2, -0.15) is 0 Å². The average Bonchev–Trinajstić information content (AvgIpc) is 3.31. The fourth-order valence-electron chi connectivity index (χ4n) is 5.35. The van der Waals surface area contributed by atoms with Crippen molar-refractivity contribution in [3.05, 3.63) is 66.0 Å². The molecule has 1 saturated heterocycles. The number of imidazole rings is 1. The van der Waals surface area contributed by atoms with E-state index in [0.717, 1.165) is 71.7 Å². The van der Waals surface area contributed by atoms with Crippen molar-refractivity contribution in [2.24, 2.45) is 0 Å². The Morgan fingerprint density at radius 2 is 1.87 bits per heavy atom. The molecule has 10 heteroatoms. The van der Waals surface area contributed by atoms with Gasteiger partial charge in [-0.15, -0.1) is 0 Å². The van der Waals surface area contributed by atoms with E-state index in [2.05, 4.69) is 20.6 Å². The summed E-state index contributed by atoms with van der Waals surface area (Å²) in [6, 6.07) is 11.2. The van der Waals surface area contributed by atoms with E-state index in [1.165, 1.54) is 12.3 Å². The summed E-state index contributed by atoms with van der Waals surface area (Å²) < 4.78 is 7.91. The number of benzene rings is 1. The van der Waals surface area contributed by atoms with Crippen LogP contribution in [0, 0.1) is 0 Å². The molecule has 1 amide bonds. The van der Waals surface area contributed by atoms with Gasteiger partial charge in [-0.05, 0) is 36.4 Å². The van der Waals surface area contributed by atoms with Gasteiger partial charge in [-0.3, -0.25) is 14.8 Å². The SMILES string of the molecule is CC(=O)N1CCn2c(C3CCOCC3)nc(-c3cccc4cc(-c5ccc(C(=O)[O-])nc5)ncc34)c2C1.[Li+]. The zero-order valence-electron chi connectivity index (χ0n) is 21.5. The van der Waals surface area contributed by atoms with E-state index in [9.17, 15) is 14.7 Å². The van der Waals surface area contributed by atoms with Gasteiger partial charge in [0.1, 0.15) is 5.82 Å². The molecule has 1 fully saturated rings. The van der Waals surface area contributed by atoms with E-state index in [4.69, 9.17) is 9.72 Å². The third kappa shape index (κ3) is 4.73. The normalized spacial score (nSPS) is 15.7. The molecule has 0 radical (unpaired) electrons. The standard InChI is InChI=1S/C28H27N5O4.Li/c1-17(34)32-9-10-33-25(16-32)26(31-27(33)18-7-11-37-12-8-18)21-4-2-3-19-13-24(30-15-22(19)21)20-5-6-23(28(35)36)29-14-20;/h2-6,13-15,18H,7-12,16H2,1H3,(H,35,36);/q;+1/p-1. The number of hydrogen-bond donors (Lipinski definition) is 0. The first-order valence-corrected chi connectivity index (χ1v) is 12.5. The monoisotopic (exact) mass is 503 g/mol. The van der Waals surface area contributed by atoms with Crippen molar-refractivity contribution in [3.8, 4) is 22.5 Å². The predicted molar refractivity (Wildman–Crippen MR) is 134 cm³/mol. The number of hydrogen-bond acceptors (Lipinski definition) is 7. The molecule has 1 aromatic carbocycles. The van der Waals surface area contributed by atoms with Gasteiger partial charge in [0, 0.05) is 68.1 Å². The van der Waals surface area contributed by atoms with Gasteiger partial charge in [0.05, 0.1) is 35.3 Å². The van der Waals surface area contributed by atoms with Crippen LogP contribution in [0.25, 0.3) is 33.3 Å². The molecule has 2 aliphatic rings. The molecule has 0 N–H and O–H groups in total. The first-order valence-electron chi connectivity index (χ1n) is 12.5. The molecule has 0 atom stereocenters. The Bertz CT molecular complexity index is 1510. The van der Waals surface area contributed by atoms with Crippen LogP contribution in [-0.4, -0.2) is 56.1 Å². The van der Waals surface area contributed by atoms with E-state index in [-0.39, 0.29) is 30.5 Å². The van der Waals surface area contributed by atoms with Crippen LogP contribution < -0.4 is 24.0 Å². The molecule has 38 heavy (non-hydrogen) atoms. The third-order valence-electron chi connectivity index (χ3n) is 7.36. The van der Waals surface area contributed by atoms with E-state index in [0.29, 0.717) is 24.7 Å². The Kier molecular flexibility index (Phi) is 7.35. The van der Waals surface area contributed by atoms with Crippen molar-refractivity contribution < 1.29 is 38.3 Å². The van der Waals surface area contributed by atoms with Crippen molar-refractivity contribution in [3.63, 3.8) is 0 Å². The summed E-state index contributed by atoms with van der Waals surface area (Å²) in [7, 11) is 0. The molecule has 0 bridgehead atoms. The Morgan fingerprint density at radius 1 is 1.05 bits per heavy atom. The third-order valence-corrected chi connectivity index (χ3v) is 7.36. The van der Waals surface area contributed by atoms with Crippen LogP contribution in [0.3, 0.4) is 0 Å². The number of ether oxygens (including phenoxy) is 1. The van der Waals surface area contributed by atoms with Gasteiger partial charge < -0.3 is 24.1 Å². The smallest absolute Gasteiger partial charge is 0.543 e. The molecule has 9 nitrogen and oxygen atoms in total. The van der Waals surface area contributed by atoms with E-state index in [1.54, 1.807) is 13.0 Å². The van der Waals surface area contributed by atoms with E-state index < -0.39 is 5.97 Å². The van der Waals surface area contributed by atoms with Gasteiger partial charge in [0.15, 0.2) is 0 Å². The van der Waals surface area contributed by atoms with Crippen LogP contribution >= 0.6 is 0 Å². The maximum Gasteiger partial charge on any atom is 1.00 e. The molecule has 6 rings (SSSR count). The number of aromatic nitrogens is 4. The summed E-state index contributed by atoms with van der Waals surface area (Å²) in [4.78, 5) is 39.0. The van der Waals surface area contributed by atoms with Gasteiger partial charge in [0.25, 0.3) is 0 Å². The Morgan fingerprint density at radius 3 is 2.58 bits per heavy atom. The molecule has 0 spiro atoms. The zero-order valence-corrected chi connectivity index (χ0v) is 21.5. The minimum Gasteiger partial charge on any atom is -0.543 e. The minimum atomic E-state index is -1.31. The second kappa shape index (κ2) is 10.7. The quantitative estimate of drug-likeness (QED) is 0.354. The molecule has 2 aliphatic heterocycles. The minimum absolute atomic E-state index is 0. The number of pyridine rings is 2.